The molecule has 1 aromatic heterocycles. The van der Waals surface area contributed by atoms with Crippen LogP contribution in [0.5, 0.6) is 0 Å². The number of benzene rings is 1. The molecule has 1 atom stereocenters. The molecule has 0 spiro atoms. The minimum absolute atomic E-state index is 0.645. The number of hydrogen-bond donors (Lipinski definition) is 1. The summed E-state index contributed by atoms with van der Waals surface area (Å²) in [7, 11) is 0. The minimum atomic E-state index is 0.645. The third-order valence-electron chi connectivity index (χ3n) is 3.00. The van der Waals surface area contributed by atoms with Gasteiger partial charge in [0.05, 0.1) is 5.02 Å². The highest BCUT2D eigenvalue weighted by Gasteiger charge is 2.17. The number of hydrogen-bond acceptors (Lipinski definition) is 3. The largest absolute Gasteiger partial charge is 0.316 e. The molecule has 0 saturated carbocycles. The first-order valence-corrected chi connectivity index (χ1v) is 6.99. The van der Waals surface area contributed by atoms with E-state index in [0.717, 1.165) is 23.5 Å². The Morgan fingerprint density at radius 1 is 1.35 bits per heavy atom. The highest BCUT2D eigenvalue weighted by atomic mass is 35.5. The normalized spacial score (nSPS) is 19.9. The van der Waals surface area contributed by atoms with Crippen LogP contribution in [0.2, 0.25) is 5.02 Å². The van der Waals surface area contributed by atoms with Gasteiger partial charge in [-0.15, -0.1) is 11.8 Å². The van der Waals surface area contributed by atoms with E-state index in [0.29, 0.717) is 5.25 Å². The van der Waals surface area contributed by atoms with Gasteiger partial charge in [0.1, 0.15) is 0 Å². The summed E-state index contributed by atoms with van der Waals surface area (Å²) in [5.74, 6) is 0. The fraction of sp³-hybridized carbons (Fsp3) is 0.308. The molecule has 0 amide bonds. The maximum Gasteiger partial charge on any atom is 0.0548 e. The molecular weight excluding hydrogens is 252 g/mol. The van der Waals surface area contributed by atoms with Crippen molar-refractivity contribution in [3.05, 3.63) is 35.6 Å². The van der Waals surface area contributed by atoms with E-state index in [1.54, 1.807) is 0 Å². The SMILES string of the molecule is Clc1cc2cnccc2cc1SC1CCNC1. The first-order chi connectivity index (χ1) is 8.33. The number of thioether (sulfide) groups is 1. The summed E-state index contributed by atoms with van der Waals surface area (Å²) < 4.78 is 0. The van der Waals surface area contributed by atoms with Crippen molar-refractivity contribution in [2.75, 3.05) is 13.1 Å². The van der Waals surface area contributed by atoms with Crippen LogP contribution in [-0.2, 0) is 0 Å². The molecule has 1 aromatic carbocycles. The van der Waals surface area contributed by atoms with E-state index in [-0.39, 0.29) is 0 Å². The predicted molar refractivity (Wildman–Crippen MR) is 73.9 cm³/mol. The first kappa shape index (κ1) is 11.3. The number of pyridine rings is 1. The standard InChI is InChI=1S/C13H13ClN2S/c14-12-5-10-7-15-3-1-9(10)6-13(12)17-11-2-4-16-8-11/h1,3,5-7,11,16H,2,4,8H2. The lowest BCUT2D eigenvalue weighted by molar-refractivity contribution is 0.858. The molecule has 88 valence electrons. The summed E-state index contributed by atoms with van der Waals surface area (Å²) >= 11 is 8.19. The van der Waals surface area contributed by atoms with Gasteiger partial charge >= 0.3 is 0 Å². The average Bonchev–Trinajstić information content (AvgIpc) is 2.83. The molecule has 1 N–H and O–H groups in total. The average molecular weight is 265 g/mol. The number of aromatic nitrogens is 1. The molecule has 1 aliphatic rings. The van der Waals surface area contributed by atoms with Crippen LogP contribution < -0.4 is 5.32 Å². The van der Waals surface area contributed by atoms with Crippen LogP contribution in [0.25, 0.3) is 10.8 Å². The molecule has 2 heterocycles. The first-order valence-electron chi connectivity index (χ1n) is 5.73. The Morgan fingerprint density at radius 3 is 3.12 bits per heavy atom. The number of nitrogens with zero attached hydrogens (tertiary/aromatic N) is 1. The van der Waals surface area contributed by atoms with Crippen LogP contribution in [0.4, 0.5) is 0 Å². The molecule has 1 aliphatic heterocycles. The van der Waals surface area contributed by atoms with E-state index >= 15 is 0 Å². The molecule has 0 radical (unpaired) electrons. The van der Waals surface area contributed by atoms with Crippen LogP contribution >= 0.6 is 23.4 Å². The Hall–Kier alpha value is -0.770. The third kappa shape index (κ3) is 2.41. The molecular formula is C13H13ClN2S. The Morgan fingerprint density at radius 2 is 2.29 bits per heavy atom. The van der Waals surface area contributed by atoms with Crippen molar-refractivity contribution in [2.24, 2.45) is 0 Å². The van der Waals surface area contributed by atoms with Gasteiger partial charge in [-0.25, -0.2) is 0 Å². The van der Waals surface area contributed by atoms with Gasteiger partial charge in [0.2, 0.25) is 0 Å². The van der Waals surface area contributed by atoms with Crippen LogP contribution in [0.3, 0.4) is 0 Å². The Balaban J connectivity index is 1.95. The Kier molecular flexibility index (Phi) is 3.23. The maximum atomic E-state index is 6.31. The monoisotopic (exact) mass is 264 g/mol. The quantitative estimate of drug-likeness (QED) is 0.901. The van der Waals surface area contributed by atoms with Crippen LogP contribution in [0, 0.1) is 0 Å². The lowest BCUT2D eigenvalue weighted by atomic mass is 10.2. The zero-order valence-corrected chi connectivity index (χ0v) is 10.9. The van der Waals surface area contributed by atoms with Crippen molar-refractivity contribution in [3.8, 4) is 0 Å². The van der Waals surface area contributed by atoms with Gasteiger partial charge in [0.25, 0.3) is 0 Å². The molecule has 2 aromatic rings. The van der Waals surface area contributed by atoms with E-state index in [9.17, 15) is 0 Å². The van der Waals surface area contributed by atoms with Gasteiger partial charge in [-0.2, -0.15) is 0 Å². The van der Waals surface area contributed by atoms with Crippen molar-refractivity contribution in [3.63, 3.8) is 0 Å². The van der Waals surface area contributed by atoms with Crippen LogP contribution in [0.15, 0.2) is 35.5 Å². The van der Waals surface area contributed by atoms with E-state index in [2.05, 4.69) is 16.4 Å². The lowest BCUT2D eigenvalue weighted by Gasteiger charge is -2.10. The van der Waals surface area contributed by atoms with Gasteiger partial charge in [-0.05, 0) is 36.6 Å². The highest BCUT2D eigenvalue weighted by molar-refractivity contribution is 8.00. The summed E-state index contributed by atoms with van der Waals surface area (Å²) in [6.07, 6.45) is 4.89. The molecule has 2 nitrogen and oxygen atoms in total. The van der Waals surface area contributed by atoms with Crippen molar-refractivity contribution in [1.82, 2.24) is 10.3 Å². The maximum absolute atomic E-state index is 6.31. The molecule has 3 rings (SSSR count). The van der Waals surface area contributed by atoms with Gasteiger partial charge in [0.15, 0.2) is 0 Å². The van der Waals surface area contributed by atoms with E-state index < -0.39 is 0 Å². The fourth-order valence-electron chi connectivity index (χ4n) is 2.09. The zero-order valence-electron chi connectivity index (χ0n) is 9.32. The van der Waals surface area contributed by atoms with Crippen LogP contribution in [-0.4, -0.2) is 23.3 Å². The van der Waals surface area contributed by atoms with Crippen LogP contribution in [0.1, 0.15) is 6.42 Å². The van der Waals surface area contributed by atoms with E-state index in [4.69, 9.17) is 11.6 Å². The molecule has 1 unspecified atom stereocenters. The molecule has 1 saturated heterocycles. The zero-order chi connectivity index (χ0) is 11.7. The molecule has 4 heteroatoms. The van der Waals surface area contributed by atoms with Crippen molar-refractivity contribution >= 4 is 34.1 Å². The molecule has 17 heavy (non-hydrogen) atoms. The molecule has 0 aliphatic carbocycles. The highest BCUT2D eigenvalue weighted by Crippen LogP contribution is 2.35. The third-order valence-corrected chi connectivity index (χ3v) is 4.75. The summed E-state index contributed by atoms with van der Waals surface area (Å²) in [5.41, 5.74) is 0. The molecule has 0 bridgehead atoms. The van der Waals surface area contributed by atoms with Crippen molar-refractivity contribution < 1.29 is 0 Å². The Labute approximate surface area is 110 Å². The predicted octanol–water partition coefficient (Wildman–Crippen LogP) is 3.34. The van der Waals surface area contributed by atoms with E-state index in [1.807, 2.05) is 36.3 Å². The second-order valence-electron chi connectivity index (χ2n) is 4.24. The van der Waals surface area contributed by atoms with E-state index in [1.165, 1.54) is 16.7 Å². The summed E-state index contributed by atoms with van der Waals surface area (Å²) in [4.78, 5) is 5.29. The van der Waals surface area contributed by atoms with Gasteiger partial charge < -0.3 is 5.32 Å². The Bertz CT molecular complexity index is 538. The minimum Gasteiger partial charge on any atom is -0.316 e. The van der Waals surface area contributed by atoms with Gasteiger partial charge in [-0.3, -0.25) is 4.98 Å². The van der Waals surface area contributed by atoms with Crippen molar-refractivity contribution in [2.45, 2.75) is 16.6 Å². The number of halogens is 1. The summed E-state index contributed by atoms with van der Waals surface area (Å²) in [6, 6.07) is 6.21. The number of fused-ring (bicyclic) bond motifs is 1. The number of nitrogens with one attached hydrogen (secondary N) is 1. The second kappa shape index (κ2) is 4.84. The van der Waals surface area contributed by atoms with Gasteiger partial charge in [-0.1, -0.05) is 11.6 Å². The summed E-state index contributed by atoms with van der Waals surface area (Å²) in [6.45, 7) is 2.20. The summed E-state index contributed by atoms with van der Waals surface area (Å²) in [5, 5.41) is 7.17. The molecule has 1 fully saturated rings. The number of rotatable bonds is 2. The lowest BCUT2D eigenvalue weighted by Crippen LogP contribution is -2.09. The van der Waals surface area contributed by atoms with Gasteiger partial charge in [0, 0.05) is 34.5 Å². The van der Waals surface area contributed by atoms with Crippen molar-refractivity contribution in [1.29, 1.82) is 0 Å². The fourth-order valence-corrected chi connectivity index (χ4v) is 3.55. The second-order valence-corrected chi connectivity index (χ2v) is 5.99. The smallest absolute Gasteiger partial charge is 0.0548 e. The topological polar surface area (TPSA) is 24.9 Å².